The van der Waals surface area contributed by atoms with E-state index in [9.17, 15) is 4.79 Å². The van der Waals surface area contributed by atoms with Crippen molar-refractivity contribution in [2.75, 3.05) is 6.54 Å². The minimum Gasteiger partial charge on any atom is -0.474 e. The van der Waals surface area contributed by atoms with Gasteiger partial charge in [-0.25, -0.2) is 9.78 Å². The average Bonchev–Trinajstić information content (AvgIpc) is 3.41. The van der Waals surface area contributed by atoms with Crippen molar-refractivity contribution >= 4 is 6.03 Å². The number of amides is 2. The van der Waals surface area contributed by atoms with Gasteiger partial charge in [-0.15, -0.1) is 0 Å². The number of pyridine rings is 1. The summed E-state index contributed by atoms with van der Waals surface area (Å²) in [6.07, 6.45) is 10.8. The van der Waals surface area contributed by atoms with Crippen molar-refractivity contribution in [3.63, 3.8) is 0 Å². The van der Waals surface area contributed by atoms with Gasteiger partial charge in [-0.05, 0) is 62.3 Å². The van der Waals surface area contributed by atoms with Crippen LogP contribution < -0.4 is 10.1 Å². The second-order valence-electron chi connectivity index (χ2n) is 7.58. The number of rotatable bonds is 5. The Bertz CT molecular complexity index is 782. The van der Waals surface area contributed by atoms with Gasteiger partial charge in [-0.1, -0.05) is 0 Å². The van der Waals surface area contributed by atoms with E-state index in [1.807, 2.05) is 36.3 Å². The number of hydrogen-bond acceptors (Lipinski definition) is 3. The van der Waals surface area contributed by atoms with Gasteiger partial charge in [0.25, 0.3) is 0 Å². The Morgan fingerprint density at radius 3 is 2.89 bits per heavy atom. The van der Waals surface area contributed by atoms with E-state index >= 15 is 0 Å². The molecular formula is C21H28N4O2. The van der Waals surface area contributed by atoms with Gasteiger partial charge in [0.05, 0.1) is 6.04 Å². The molecule has 2 aromatic heterocycles. The summed E-state index contributed by atoms with van der Waals surface area (Å²) in [6.45, 7) is 1.28. The Morgan fingerprint density at radius 2 is 2.11 bits per heavy atom. The second kappa shape index (κ2) is 8.03. The van der Waals surface area contributed by atoms with Crippen molar-refractivity contribution < 1.29 is 9.53 Å². The van der Waals surface area contributed by atoms with E-state index in [-0.39, 0.29) is 18.2 Å². The first kappa shape index (κ1) is 17.9. The number of urea groups is 1. The van der Waals surface area contributed by atoms with Crippen LogP contribution in [0, 0.1) is 0 Å². The molecule has 27 heavy (non-hydrogen) atoms. The Labute approximate surface area is 160 Å². The molecule has 1 aliphatic heterocycles. The Morgan fingerprint density at radius 1 is 1.26 bits per heavy atom. The molecule has 1 unspecified atom stereocenters. The highest BCUT2D eigenvalue weighted by Gasteiger charge is 2.31. The molecule has 0 radical (unpaired) electrons. The number of nitrogens with one attached hydrogen (secondary N) is 1. The van der Waals surface area contributed by atoms with Crippen molar-refractivity contribution in [3.05, 3.63) is 47.9 Å². The van der Waals surface area contributed by atoms with Crippen molar-refractivity contribution in [3.8, 4) is 5.88 Å². The van der Waals surface area contributed by atoms with Crippen molar-refractivity contribution in [1.82, 2.24) is 19.8 Å². The van der Waals surface area contributed by atoms with E-state index in [1.54, 1.807) is 6.20 Å². The lowest BCUT2D eigenvalue weighted by atomic mass is 10.1. The zero-order chi connectivity index (χ0) is 18.6. The fourth-order valence-corrected chi connectivity index (χ4v) is 4.22. The SMILES string of the molecule is Cn1cccc1C1CCCN1C(=O)NCc1ccnc(OC2CCCC2)c1. The predicted molar refractivity (Wildman–Crippen MR) is 103 cm³/mol. The number of aryl methyl sites for hydroxylation is 1. The third kappa shape index (κ3) is 4.10. The number of hydrogen-bond donors (Lipinski definition) is 1. The molecule has 6 nitrogen and oxygen atoms in total. The van der Waals surface area contributed by atoms with Crippen molar-refractivity contribution in [1.29, 1.82) is 0 Å². The summed E-state index contributed by atoms with van der Waals surface area (Å²) < 4.78 is 8.07. The fourth-order valence-electron chi connectivity index (χ4n) is 4.22. The van der Waals surface area contributed by atoms with Gasteiger partial charge < -0.3 is 19.5 Å². The average molecular weight is 368 g/mol. The molecule has 2 amide bonds. The minimum absolute atomic E-state index is 0.00577. The van der Waals surface area contributed by atoms with Crippen LogP contribution in [0.3, 0.4) is 0 Å². The number of aromatic nitrogens is 2. The quantitative estimate of drug-likeness (QED) is 0.873. The molecule has 4 rings (SSSR count). The normalized spacial score (nSPS) is 20.2. The predicted octanol–water partition coefficient (Wildman–Crippen LogP) is 3.79. The van der Waals surface area contributed by atoms with Crippen LogP contribution in [0.1, 0.15) is 55.8 Å². The van der Waals surface area contributed by atoms with E-state index in [0.717, 1.165) is 37.8 Å². The van der Waals surface area contributed by atoms with Crippen LogP contribution in [0.5, 0.6) is 5.88 Å². The lowest BCUT2D eigenvalue weighted by molar-refractivity contribution is 0.190. The first-order valence-corrected chi connectivity index (χ1v) is 9.98. The summed E-state index contributed by atoms with van der Waals surface area (Å²) in [5.41, 5.74) is 2.21. The van der Waals surface area contributed by atoms with Gasteiger partial charge >= 0.3 is 6.03 Å². The fraction of sp³-hybridized carbons (Fsp3) is 0.524. The molecule has 2 aliphatic rings. The topological polar surface area (TPSA) is 59.4 Å². The van der Waals surface area contributed by atoms with E-state index in [4.69, 9.17) is 4.74 Å². The zero-order valence-electron chi connectivity index (χ0n) is 15.9. The molecule has 3 heterocycles. The summed E-state index contributed by atoms with van der Waals surface area (Å²) in [7, 11) is 2.03. The molecule has 0 bridgehead atoms. The molecule has 1 aliphatic carbocycles. The van der Waals surface area contributed by atoms with Gasteiger partial charge in [0, 0.05) is 44.3 Å². The lowest BCUT2D eigenvalue weighted by Crippen LogP contribution is -2.39. The number of likely N-dealkylation sites (tertiary alicyclic amines) is 1. The largest absolute Gasteiger partial charge is 0.474 e. The van der Waals surface area contributed by atoms with Crippen LogP contribution in [-0.4, -0.2) is 33.1 Å². The van der Waals surface area contributed by atoms with Crippen LogP contribution in [0.2, 0.25) is 0 Å². The van der Waals surface area contributed by atoms with Crippen LogP contribution in [0.15, 0.2) is 36.7 Å². The number of ether oxygens (including phenoxy) is 1. The smallest absolute Gasteiger partial charge is 0.318 e. The highest BCUT2D eigenvalue weighted by molar-refractivity contribution is 5.75. The molecule has 6 heteroatoms. The van der Waals surface area contributed by atoms with Gasteiger partial charge in [0.2, 0.25) is 5.88 Å². The molecule has 2 fully saturated rings. The van der Waals surface area contributed by atoms with Crippen molar-refractivity contribution in [2.24, 2.45) is 7.05 Å². The van der Waals surface area contributed by atoms with Crippen LogP contribution in [0.4, 0.5) is 4.79 Å². The van der Waals surface area contributed by atoms with Gasteiger partial charge in [0.15, 0.2) is 0 Å². The van der Waals surface area contributed by atoms with Gasteiger partial charge in [-0.3, -0.25) is 0 Å². The number of nitrogens with zero attached hydrogens (tertiary/aromatic N) is 3. The highest BCUT2D eigenvalue weighted by Crippen LogP contribution is 2.31. The Hall–Kier alpha value is -2.50. The monoisotopic (exact) mass is 368 g/mol. The Kier molecular flexibility index (Phi) is 5.32. The molecule has 1 atom stereocenters. The number of carbonyl (C=O) groups excluding carboxylic acids is 1. The highest BCUT2D eigenvalue weighted by atomic mass is 16.5. The standard InChI is InChI=1S/C21H28N4O2/c1-24-12-4-8-18(24)19-9-5-13-25(19)21(26)23-15-16-10-11-22-20(14-16)27-17-6-2-3-7-17/h4,8,10-12,14,17,19H,2-3,5-7,9,13,15H2,1H3,(H,23,26). The Balaban J connectivity index is 1.35. The van der Waals surface area contributed by atoms with Crippen LogP contribution in [-0.2, 0) is 13.6 Å². The maximum atomic E-state index is 12.8. The summed E-state index contributed by atoms with van der Waals surface area (Å²) in [4.78, 5) is 19.0. The third-order valence-corrected chi connectivity index (χ3v) is 5.67. The first-order valence-electron chi connectivity index (χ1n) is 9.98. The molecular weight excluding hydrogens is 340 g/mol. The van der Waals surface area contributed by atoms with E-state index in [1.165, 1.54) is 18.5 Å². The maximum Gasteiger partial charge on any atom is 0.318 e. The molecule has 0 spiro atoms. The van der Waals surface area contributed by atoms with Gasteiger partial charge in [0.1, 0.15) is 6.10 Å². The summed E-state index contributed by atoms with van der Waals surface area (Å²) in [6, 6.07) is 8.16. The lowest BCUT2D eigenvalue weighted by Gasteiger charge is -2.25. The molecule has 1 N–H and O–H groups in total. The summed E-state index contributed by atoms with van der Waals surface area (Å²) in [5.74, 6) is 0.663. The zero-order valence-corrected chi connectivity index (χ0v) is 15.9. The first-order chi connectivity index (χ1) is 13.2. The maximum absolute atomic E-state index is 12.8. The molecule has 1 saturated carbocycles. The molecule has 1 saturated heterocycles. The molecule has 144 valence electrons. The third-order valence-electron chi connectivity index (χ3n) is 5.67. The number of carbonyl (C=O) groups is 1. The second-order valence-corrected chi connectivity index (χ2v) is 7.58. The van der Waals surface area contributed by atoms with Crippen LogP contribution >= 0.6 is 0 Å². The van der Waals surface area contributed by atoms with E-state index in [0.29, 0.717) is 12.4 Å². The minimum atomic E-state index is -0.00577. The van der Waals surface area contributed by atoms with Crippen molar-refractivity contribution in [2.45, 2.75) is 57.2 Å². The van der Waals surface area contributed by atoms with E-state index < -0.39 is 0 Å². The van der Waals surface area contributed by atoms with Gasteiger partial charge in [-0.2, -0.15) is 0 Å². The molecule has 0 aromatic carbocycles. The molecule has 2 aromatic rings. The van der Waals surface area contributed by atoms with Crippen LogP contribution in [0.25, 0.3) is 0 Å². The summed E-state index contributed by atoms with van der Waals surface area (Å²) >= 11 is 0. The van der Waals surface area contributed by atoms with E-state index in [2.05, 4.69) is 20.9 Å². The summed E-state index contributed by atoms with van der Waals surface area (Å²) in [5, 5.41) is 3.07.